The highest BCUT2D eigenvalue weighted by Gasteiger charge is 2.43. The fourth-order valence-corrected chi connectivity index (χ4v) is 10.1. The van der Waals surface area contributed by atoms with Gasteiger partial charge in [0.1, 0.15) is 36.2 Å². The van der Waals surface area contributed by atoms with Crippen LogP contribution in [0.5, 0.6) is 35.3 Å². The van der Waals surface area contributed by atoms with Crippen LogP contribution in [0.15, 0.2) is 89.9 Å². The Hall–Kier alpha value is -6.30. The van der Waals surface area contributed by atoms with Gasteiger partial charge in [0.05, 0.1) is 14.2 Å². The zero-order valence-corrected chi connectivity index (χ0v) is 40.0. The first-order valence-electron chi connectivity index (χ1n) is 22.7. The van der Waals surface area contributed by atoms with E-state index in [1.807, 2.05) is 24.4 Å². The van der Waals surface area contributed by atoms with Gasteiger partial charge in [-0.3, -0.25) is 0 Å². The molecule has 24 heteroatoms. The number of ether oxygens (including phenoxy) is 4. The van der Waals surface area contributed by atoms with E-state index in [0.29, 0.717) is 63.1 Å². The fourth-order valence-electron chi connectivity index (χ4n) is 9.71. The van der Waals surface area contributed by atoms with Gasteiger partial charge in [-0.05, 0) is 108 Å². The molecule has 2 aliphatic heterocycles. The van der Waals surface area contributed by atoms with Crippen molar-refractivity contribution in [1.82, 2.24) is 39.5 Å². The molecule has 0 radical (unpaired) electrons. The molecule has 2 N–H and O–H groups in total. The molecule has 0 spiro atoms. The lowest BCUT2D eigenvalue weighted by Crippen LogP contribution is -2.48. The Kier molecular flexibility index (Phi) is 15.8. The number of benzene rings is 2. The van der Waals surface area contributed by atoms with E-state index in [-0.39, 0.29) is 34.2 Å². The number of hydrogen-bond acceptors (Lipinski definition) is 13. The molecule has 10 rings (SSSR count). The van der Waals surface area contributed by atoms with Gasteiger partial charge in [-0.25, -0.2) is 28.1 Å². The summed E-state index contributed by atoms with van der Waals surface area (Å²) >= 11 is 2.85. The van der Waals surface area contributed by atoms with Gasteiger partial charge in [0.25, 0.3) is 0 Å². The molecule has 2 aromatic carbocycles. The van der Waals surface area contributed by atoms with Crippen LogP contribution in [0, 0.1) is 41.2 Å². The average Bonchev–Trinajstić information content (AvgIpc) is 3.97. The number of rotatable bonds is 12. The van der Waals surface area contributed by atoms with Crippen LogP contribution in [-0.2, 0) is 19.5 Å². The van der Waals surface area contributed by atoms with Gasteiger partial charge in [-0.1, -0.05) is 12.1 Å². The minimum atomic E-state index is -4.50. The zero-order chi connectivity index (χ0) is 50.5. The van der Waals surface area contributed by atoms with Gasteiger partial charge in [0.15, 0.2) is 5.82 Å². The SMILES string of the molecule is COc1cc(N2CC3CCC(C2)C3Cc2nc(Oc3cccc(F)c3)n(CC(F)(F)F)n2)ccn1.COc1cc(N2CC3CCC(C2)C3N)ccn1.Fc1cccc(Oc2nc(Br)nn2CC(F)(F)F)c1. The number of nitrogens with zero attached hydrogens (tertiary/aromatic N) is 10. The van der Waals surface area contributed by atoms with Crippen LogP contribution in [0.3, 0.4) is 0 Å². The molecule has 15 nitrogen and oxygen atoms in total. The lowest BCUT2D eigenvalue weighted by atomic mass is 9.82. The molecule has 2 aliphatic carbocycles. The highest BCUT2D eigenvalue weighted by Crippen LogP contribution is 2.45. The Bertz CT molecular complexity index is 2700. The van der Waals surface area contributed by atoms with Crippen LogP contribution < -0.4 is 34.5 Å². The van der Waals surface area contributed by atoms with Crippen LogP contribution in [0.2, 0.25) is 0 Å². The summed E-state index contributed by atoms with van der Waals surface area (Å²) in [6.07, 6.45) is -0.311. The minimum Gasteiger partial charge on any atom is -0.481 e. The van der Waals surface area contributed by atoms with Crippen molar-refractivity contribution in [3.8, 4) is 35.3 Å². The van der Waals surface area contributed by atoms with Gasteiger partial charge in [-0.2, -0.15) is 41.4 Å². The second-order valence-electron chi connectivity index (χ2n) is 17.7. The van der Waals surface area contributed by atoms with Crippen molar-refractivity contribution in [3.05, 3.63) is 107 Å². The molecule has 4 aromatic heterocycles. The summed E-state index contributed by atoms with van der Waals surface area (Å²) in [4.78, 5) is 21.0. The number of fused-ring (bicyclic) bond motifs is 4. The van der Waals surface area contributed by atoms with Crippen LogP contribution >= 0.6 is 15.9 Å². The number of piperidine rings is 2. The number of pyridine rings is 2. The Morgan fingerprint density at radius 2 is 1.07 bits per heavy atom. The van der Waals surface area contributed by atoms with E-state index in [0.717, 1.165) is 56.8 Å². The van der Waals surface area contributed by atoms with Gasteiger partial charge in [0.2, 0.25) is 16.5 Å². The predicted octanol–water partition coefficient (Wildman–Crippen LogP) is 9.68. The molecule has 6 aromatic rings. The van der Waals surface area contributed by atoms with Crippen LogP contribution in [0.25, 0.3) is 0 Å². The van der Waals surface area contributed by atoms with Crippen LogP contribution in [0.1, 0.15) is 31.5 Å². The van der Waals surface area contributed by atoms with Crippen LogP contribution in [-0.4, -0.2) is 98.3 Å². The second kappa shape index (κ2) is 22.0. The summed E-state index contributed by atoms with van der Waals surface area (Å²) in [5, 5.41) is 7.63. The fraction of sp³-hybridized carbons (Fsp3) is 0.447. The molecule has 4 unspecified atom stereocenters. The van der Waals surface area contributed by atoms with Crippen molar-refractivity contribution >= 4 is 27.3 Å². The first kappa shape index (κ1) is 51.1. The van der Waals surface area contributed by atoms with Gasteiger partial charge >= 0.3 is 24.4 Å². The molecule has 4 fully saturated rings. The van der Waals surface area contributed by atoms with E-state index in [9.17, 15) is 35.1 Å². The number of halogens is 9. The Morgan fingerprint density at radius 1 is 0.620 bits per heavy atom. The van der Waals surface area contributed by atoms with E-state index in [4.69, 9.17) is 24.7 Å². The smallest absolute Gasteiger partial charge is 0.408 e. The van der Waals surface area contributed by atoms with Crippen molar-refractivity contribution in [1.29, 1.82) is 0 Å². The summed E-state index contributed by atoms with van der Waals surface area (Å²) in [6, 6.07) is 17.8. The van der Waals surface area contributed by atoms with Crippen molar-refractivity contribution in [2.75, 3.05) is 50.2 Å². The van der Waals surface area contributed by atoms with E-state index in [1.54, 1.807) is 20.4 Å². The third-order valence-electron chi connectivity index (χ3n) is 12.9. The predicted molar refractivity (Wildman–Crippen MR) is 246 cm³/mol. The summed E-state index contributed by atoms with van der Waals surface area (Å²) in [7, 11) is 3.24. The molecule has 4 aliphatic rings. The Morgan fingerprint density at radius 3 is 1.54 bits per heavy atom. The maximum Gasteiger partial charge on any atom is 0.408 e. The van der Waals surface area contributed by atoms with Crippen molar-refractivity contribution in [2.45, 2.75) is 63.6 Å². The molecular formula is C47H50BrF8N11O4. The van der Waals surface area contributed by atoms with E-state index in [1.165, 1.54) is 54.9 Å². The second-order valence-corrected chi connectivity index (χ2v) is 18.4. The lowest BCUT2D eigenvalue weighted by Gasteiger charge is -2.39. The van der Waals surface area contributed by atoms with Crippen molar-refractivity contribution in [3.63, 3.8) is 0 Å². The number of aromatic nitrogens is 8. The molecule has 380 valence electrons. The third kappa shape index (κ3) is 13.6. The lowest BCUT2D eigenvalue weighted by molar-refractivity contribution is -0.144. The van der Waals surface area contributed by atoms with Crippen LogP contribution in [0.4, 0.5) is 46.5 Å². The number of alkyl halides is 6. The normalized spacial score (nSPS) is 21.5. The average molecular weight is 1060 g/mol. The first-order valence-corrected chi connectivity index (χ1v) is 23.5. The van der Waals surface area contributed by atoms with Crippen molar-refractivity contribution in [2.24, 2.45) is 35.3 Å². The highest BCUT2D eigenvalue weighted by atomic mass is 79.9. The molecule has 2 saturated heterocycles. The third-order valence-corrected chi connectivity index (χ3v) is 13.2. The minimum absolute atomic E-state index is 0.0309. The Labute approximate surface area is 411 Å². The van der Waals surface area contributed by atoms with E-state index in [2.05, 4.69) is 61.9 Å². The maximum atomic E-state index is 13.5. The number of nitrogens with two attached hydrogens (primary N) is 1. The quantitative estimate of drug-likeness (QED) is 0.116. The highest BCUT2D eigenvalue weighted by molar-refractivity contribution is 9.10. The van der Waals surface area contributed by atoms with Crippen molar-refractivity contribution < 1.29 is 54.1 Å². The molecule has 71 heavy (non-hydrogen) atoms. The van der Waals surface area contributed by atoms with Gasteiger partial charge in [0, 0.05) is 86.7 Å². The molecule has 6 heterocycles. The number of anilines is 2. The monoisotopic (exact) mass is 1060 g/mol. The summed E-state index contributed by atoms with van der Waals surface area (Å²) < 4.78 is 125. The maximum absolute atomic E-state index is 13.5. The molecular weight excluding hydrogens is 1010 g/mol. The number of hydrogen-bond donors (Lipinski definition) is 1. The van der Waals surface area contributed by atoms with E-state index < -0.39 is 37.1 Å². The zero-order valence-electron chi connectivity index (χ0n) is 38.4. The molecule has 4 atom stereocenters. The molecule has 2 saturated carbocycles. The summed E-state index contributed by atoms with van der Waals surface area (Å²) in [6.45, 7) is 1.14. The molecule has 4 bridgehead atoms. The number of methoxy groups -OCH3 is 2. The summed E-state index contributed by atoms with van der Waals surface area (Å²) in [5.41, 5.74) is 8.47. The largest absolute Gasteiger partial charge is 0.481 e. The topological polar surface area (TPSA) is 157 Å². The van der Waals surface area contributed by atoms with Gasteiger partial charge < -0.3 is 34.5 Å². The Balaban J connectivity index is 0.000000158. The van der Waals surface area contributed by atoms with Gasteiger partial charge in [-0.15, -0.1) is 5.10 Å². The standard InChI is InChI=1S/C24H25F4N5O2.C13H19N3O.C10H6BrF4N3O/c1-34-22-10-18(7-8-29-22)32-12-15-5-6-16(13-32)20(15)11-21-30-23(33(31-21)14-24(26,27)28)35-19-4-2-3-17(25)9-19;1-17-12-6-11(4-5-15-12)16-7-9-2-3-10(8-16)13(9)14;11-8-16-9(18(17-8)5-10(13,14)15)19-7-3-1-2-6(12)4-7/h2-4,7-10,15-16,20H,5-6,11-14H2,1H3;4-6,9-10,13H,2-3,7-8,14H2,1H3;1-4H,5H2. The molecule has 0 amide bonds. The first-order chi connectivity index (χ1) is 33.9. The van der Waals surface area contributed by atoms with E-state index >= 15 is 0 Å². The summed E-state index contributed by atoms with van der Waals surface area (Å²) in [5.74, 6) is 2.84.